The Hall–Kier alpha value is -1.85. The van der Waals surface area contributed by atoms with Gasteiger partial charge >= 0.3 is 0 Å². The molecule has 0 fully saturated rings. The van der Waals surface area contributed by atoms with Gasteiger partial charge in [-0.2, -0.15) is 0 Å². The molecule has 0 amide bonds. The molecule has 1 N–H and O–H groups in total. The number of aromatic nitrogens is 1. The van der Waals surface area contributed by atoms with Crippen molar-refractivity contribution in [3.8, 4) is 11.8 Å². The van der Waals surface area contributed by atoms with Crippen LogP contribution in [-0.4, -0.2) is 12.0 Å². The standard InChI is InChI=1S/C16H18N2/c1-4-5-9-15(17-3)16-11-12(2)13-8-6-7-10-14(13)18-16/h6-8,10-11,15,17H,9H2,1-3H3. The summed E-state index contributed by atoms with van der Waals surface area (Å²) in [4.78, 5) is 4.73. The lowest BCUT2D eigenvalue weighted by Crippen LogP contribution is -2.17. The van der Waals surface area contributed by atoms with E-state index in [-0.39, 0.29) is 6.04 Å². The Labute approximate surface area is 108 Å². The maximum absolute atomic E-state index is 4.73. The summed E-state index contributed by atoms with van der Waals surface area (Å²) < 4.78 is 0. The molecule has 0 aliphatic carbocycles. The van der Waals surface area contributed by atoms with Crippen LogP contribution in [0.3, 0.4) is 0 Å². The van der Waals surface area contributed by atoms with Crippen LogP contribution in [0.5, 0.6) is 0 Å². The predicted molar refractivity (Wildman–Crippen MR) is 76.3 cm³/mol. The van der Waals surface area contributed by atoms with E-state index in [4.69, 9.17) is 4.98 Å². The van der Waals surface area contributed by atoms with Crippen LogP contribution < -0.4 is 5.32 Å². The molecule has 0 aliphatic rings. The van der Waals surface area contributed by atoms with Crippen molar-refractivity contribution in [3.05, 3.63) is 41.6 Å². The van der Waals surface area contributed by atoms with Crippen molar-refractivity contribution in [2.24, 2.45) is 0 Å². The average Bonchev–Trinajstić information content (AvgIpc) is 2.40. The fourth-order valence-electron chi connectivity index (χ4n) is 2.11. The van der Waals surface area contributed by atoms with E-state index in [2.05, 4.69) is 48.3 Å². The third-order valence-corrected chi connectivity index (χ3v) is 3.13. The lowest BCUT2D eigenvalue weighted by Gasteiger charge is -2.14. The maximum atomic E-state index is 4.73. The number of hydrogen-bond acceptors (Lipinski definition) is 2. The SMILES string of the molecule is CC#CCC(NC)c1cc(C)c2ccccc2n1. The zero-order valence-corrected chi connectivity index (χ0v) is 11.1. The van der Waals surface area contributed by atoms with Crippen molar-refractivity contribution in [3.63, 3.8) is 0 Å². The number of hydrogen-bond donors (Lipinski definition) is 1. The van der Waals surface area contributed by atoms with Crippen LogP contribution in [0.1, 0.15) is 30.6 Å². The smallest absolute Gasteiger partial charge is 0.0708 e. The molecule has 0 radical (unpaired) electrons. The van der Waals surface area contributed by atoms with Crippen molar-refractivity contribution in [1.82, 2.24) is 10.3 Å². The van der Waals surface area contributed by atoms with E-state index in [0.717, 1.165) is 17.6 Å². The van der Waals surface area contributed by atoms with Gasteiger partial charge < -0.3 is 5.32 Å². The van der Waals surface area contributed by atoms with Crippen LogP contribution in [-0.2, 0) is 0 Å². The first kappa shape index (κ1) is 12.6. The highest BCUT2D eigenvalue weighted by Crippen LogP contribution is 2.22. The Bertz CT molecular complexity index is 605. The first-order valence-corrected chi connectivity index (χ1v) is 6.19. The second-order valence-electron chi connectivity index (χ2n) is 4.35. The van der Waals surface area contributed by atoms with Crippen molar-refractivity contribution in [1.29, 1.82) is 0 Å². The van der Waals surface area contributed by atoms with E-state index in [1.165, 1.54) is 10.9 Å². The summed E-state index contributed by atoms with van der Waals surface area (Å²) >= 11 is 0. The normalized spacial score (nSPS) is 11.9. The van der Waals surface area contributed by atoms with Crippen LogP contribution in [0.4, 0.5) is 0 Å². The molecule has 0 bridgehead atoms. The molecule has 0 saturated heterocycles. The fraction of sp³-hybridized carbons (Fsp3) is 0.312. The van der Waals surface area contributed by atoms with Crippen LogP contribution >= 0.6 is 0 Å². The third kappa shape index (κ3) is 2.52. The molecule has 2 rings (SSSR count). The quantitative estimate of drug-likeness (QED) is 0.830. The number of benzene rings is 1. The molecule has 0 saturated carbocycles. The Morgan fingerprint density at radius 2 is 2.11 bits per heavy atom. The molecule has 0 aliphatic heterocycles. The van der Waals surface area contributed by atoms with Gasteiger partial charge in [0.2, 0.25) is 0 Å². The summed E-state index contributed by atoms with van der Waals surface area (Å²) in [5.41, 5.74) is 3.38. The summed E-state index contributed by atoms with van der Waals surface area (Å²) in [6, 6.07) is 10.6. The van der Waals surface area contributed by atoms with E-state index in [1.54, 1.807) is 0 Å². The third-order valence-electron chi connectivity index (χ3n) is 3.13. The van der Waals surface area contributed by atoms with Crippen LogP contribution in [0.2, 0.25) is 0 Å². The lowest BCUT2D eigenvalue weighted by molar-refractivity contribution is 0.596. The molecule has 2 nitrogen and oxygen atoms in total. The summed E-state index contributed by atoms with van der Waals surface area (Å²) in [6.45, 7) is 4.00. The first-order valence-electron chi connectivity index (χ1n) is 6.19. The predicted octanol–water partition coefficient (Wildman–Crippen LogP) is 3.22. The highest BCUT2D eigenvalue weighted by Gasteiger charge is 2.11. The molecule has 1 atom stereocenters. The van der Waals surface area contributed by atoms with Gasteiger partial charge in [0.1, 0.15) is 0 Å². The molecule has 1 aromatic carbocycles. The molecule has 92 valence electrons. The van der Waals surface area contributed by atoms with Crippen molar-refractivity contribution in [2.45, 2.75) is 26.3 Å². The van der Waals surface area contributed by atoms with Crippen LogP contribution in [0.25, 0.3) is 10.9 Å². The van der Waals surface area contributed by atoms with Gasteiger partial charge in [0, 0.05) is 11.8 Å². The number of rotatable bonds is 3. The van der Waals surface area contributed by atoms with E-state index < -0.39 is 0 Å². The Kier molecular flexibility index (Phi) is 3.96. The van der Waals surface area contributed by atoms with E-state index >= 15 is 0 Å². The molecule has 1 heterocycles. The zero-order valence-electron chi connectivity index (χ0n) is 11.1. The van der Waals surface area contributed by atoms with Gasteiger partial charge in [-0.3, -0.25) is 4.98 Å². The number of nitrogens with zero attached hydrogens (tertiary/aromatic N) is 1. The Morgan fingerprint density at radius 1 is 1.33 bits per heavy atom. The minimum Gasteiger partial charge on any atom is -0.311 e. The minimum atomic E-state index is 0.195. The van der Waals surface area contributed by atoms with Gasteiger partial charge in [-0.25, -0.2) is 0 Å². The monoisotopic (exact) mass is 238 g/mol. The first-order chi connectivity index (χ1) is 8.76. The lowest BCUT2D eigenvalue weighted by atomic mass is 10.0. The molecular formula is C16H18N2. The second-order valence-corrected chi connectivity index (χ2v) is 4.35. The summed E-state index contributed by atoms with van der Waals surface area (Å²) in [6.07, 6.45) is 0.789. The average molecular weight is 238 g/mol. The van der Waals surface area contributed by atoms with Crippen molar-refractivity contribution < 1.29 is 0 Å². The van der Waals surface area contributed by atoms with E-state index in [0.29, 0.717) is 0 Å². The number of para-hydroxylation sites is 1. The van der Waals surface area contributed by atoms with Gasteiger partial charge in [-0.1, -0.05) is 18.2 Å². The number of pyridine rings is 1. The maximum Gasteiger partial charge on any atom is 0.0708 e. The molecular weight excluding hydrogens is 220 g/mol. The molecule has 2 heteroatoms. The number of nitrogens with one attached hydrogen (secondary N) is 1. The largest absolute Gasteiger partial charge is 0.311 e. The fourth-order valence-corrected chi connectivity index (χ4v) is 2.11. The minimum absolute atomic E-state index is 0.195. The van der Waals surface area contributed by atoms with E-state index in [9.17, 15) is 0 Å². The summed E-state index contributed by atoms with van der Waals surface area (Å²) in [7, 11) is 1.95. The van der Waals surface area contributed by atoms with Crippen LogP contribution in [0, 0.1) is 18.8 Å². The van der Waals surface area contributed by atoms with Gasteiger partial charge in [0.25, 0.3) is 0 Å². The molecule has 2 aromatic rings. The summed E-state index contributed by atoms with van der Waals surface area (Å²) in [5, 5.41) is 4.50. The van der Waals surface area contributed by atoms with E-state index in [1.807, 2.05) is 20.0 Å². The zero-order chi connectivity index (χ0) is 13.0. The number of aryl methyl sites for hydroxylation is 1. The van der Waals surface area contributed by atoms with Gasteiger partial charge in [-0.05, 0) is 38.6 Å². The molecule has 1 aromatic heterocycles. The van der Waals surface area contributed by atoms with Gasteiger partial charge in [0.15, 0.2) is 0 Å². The molecule has 0 spiro atoms. The molecule has 18 heavy (non-hydrogen) atoms. The molecule has 1 unspecified atom stereocenters. The van der Waals surface area contributed by atoms with Crippen molar-refractivity contribution in [2.75, 3.05) is 7.05 Å². The van der Waals surface area contributed by atoms with Crippen molar-refractivity contribution >= 4 is 10.9 Å². The highest BCUT2D eigenvalue weighted by molar-refractivity contribution is 5.82. The second kappa shape index (κ2) is 5.66. The summed E-state index contributed by atoms with van der Waals surface area (Å²) in [5.74, 6) is 6.05. The van der Waals surface area contributed by atoms with Gasteiger partial charge in [-0.15, -0.1) is 11.8 Å². The highest BCUT2D eigenvalue weighted by atomic mass is 14.9. The Balaban J connectivity index is 2.46. The Morgan fingerprint density at radius 3 is 2.83 bits per heavy atom. The van der Waals surface area contributed by atoms with Crippen LogP contribution in [0.15, 0.2) is 30.3 Å². The number of fused-ring (bicyclic) bond motifs is 1. The van der Waals surface area contributed by atoms with Gasteiger partial charge in [0.05, 0.1) is 17.3 Å². The topological polar surface area (TPSA) is 24.9 Å².